The average Bonchev–Trinajstić information content (AvgIpc) is 3.32. The van der Waals surface area contributed by atoms with Crippen LogP contribution in [0.1, 0.15) is 32.0 Å². The number of allylic oxidation sites excluding steroid dienone is 1. The summed E-state index contributed by atoms with van der Waals surface area (Å²) in [6, 6.07) is 23.1. The summed E-state index contributed by atoms with van der Waals surface area (Å²) >= 11 is 0. The smallest absolute Gasteiger partial charge is 0.416 e. The lowest BCUT2D eigenvalue weighted by Crippen LogP contribution is -2.11. The van der Waals surface area contributed by atoms with Gasteiger partial charge in [-0.1, -0.05) is 30.3 Å². The van der Waals surface area contributed by atoms with Gasteiger partial charge >= 0.3 is 6.18 Å². The van der Waals surface area contributed by atoms with Gasteiger partial charge in [-0.3, -0.25) is 9.59 Å². The summed E-state index contributed by atoms with van der Waals surface area (Å²) in [5.41, 5.74) is 0.990. The SMILES string of the molecule is O=C(C=Cc1ccc(-c2cccc(C(F)(F)F)c2)o1)c1ccc(NC(=O)c2ccccc2)cc1. The van der Waals surface area contributed by atoms with Crippen LogP contribution < -0.4 is 5.32 Å². The number of hydrogen-bond acceptors (Lipinski definition) is 3. The fourth-order valence-corrected chi connectivity index (χ4v) is 3.21. The first-order valence-electron chi connectivity index (χ1n) is 10.3. The topological polar surface area (TPSA) is 59.3 Å². The molecule has 0 saturated heterocycles. The zero-order valence-electron chi connectivity index (χ0n) is 17.7. The molecule has 0 saturated carbocycles. The van der Waals surface area contributed by atoms with Crippen molar-refractivity contribution in [3.63, 3.8) is 0 Å². The lowest BCUT2D eigenvalue weighted by Gasteiger charge is -2.07. The standard InChI is InChI=1S/C27H18F3NO3/c28-27(29,30)21-8-4-7-20(17-21)25-16-14-23(34-25)13-15-24(32)18-9-11-22(12-10-18)31-26(33)19-5-2-1-3-6-19/h1-17H,(H,31,33). The summed E-state index contributed by atoms with van der Waals surface area (Å²) in [4.78, 5) is 24.7. The largest absolute Gasteiger partial charge is 0.457 e. The molecule has 0 bridgehead atoms. The van der Waals surface area contributed by atoms with Gasteiger partial charge in [0.1, 0.15) is 11.5 Å². The molecule has 1 amide bonds. The fraction of sp³-hybridized carbons (Fsp3) is 0.0370. The second-order valence-electron chi connectivity index (χ2n) is 7.38. The van der Waals surface area contributed by atoms with Crippen LogP contribution in [0.4, 0.5) is 18.9 Å². The van der Waals surface area contributed by atoms with Crippen LogP contribution in [0.2, 0.25) is 0 Å². The molecule has 0 radical (unpaired) electrons. The summed E-state index contributed by atoms with van der Waals surface area (Å²) < 4.78 is 44.3. The third kappa shape index (κ3) is 5.50. The second-order valence-corrected chi connectivity index (χ2v) is 7.38. The molecule has 34 heavy (non-hydrogen) atoms. The van der Waals surface area contributed by atoms with E-state index in [0.29, 0.717) is 22.6 Å². The lowest BCUT2D eigenvalue weighted by atomic mass is 10.1. The third-order valence-electron chi connectivity index (χ3n) is 4.96. The van der Waals surface area contributed by atoms with Crippen molar-refractivity contribution in [1.82, 2.24) is 0 Å². The minimum atomic E-state index is -4.45. The van der Waals surface area contributed by atoms with Crippen molar-refractivity contribution in [2.24, 2.45) is 0 Å². The molecule has 0 aliphatic rings. The number of amides is 1. The second kappa shape index (κ2) is 9.62. The lowest BCUT2D eigenvalue weighted by molar-refractivity contribution is -0.137. The highest BCUT2D eigenvalue weighted by atomic mass is 19.4. The Kier molecular flexibility index (Phi) is 6.45. The van der Waals surface area contributed by atoms with E-state index in [2.05, 4.69) is 5.32 Å². The van der Waals surface area contributed by atoms with E-state index >= 15 is 0 Å². The maximum absolute atomic E-state index is 12.9. The van der Waals surface area contributed by atoms with Gasteiger partial charge in [0.2, 0.25) is 0 Å². The maximum atomic E-state index is 12.9. The molecule has 4 rings (SSSR count). The quantitative estimate of drug-likeness (QED) is 0.246. The number of carbonyl (C=O) groups is 2. The summed E-state index contributed by atoms with van der Waals surface area (Å²) in [6.07, 6.45) is -1.69. The number of furan rings is 1. The van der Waals surface area contributed by atoms with Crippen molar-refractivity contribution >= 4 is 23.5 Å². The van der Waals surface area contributed by atoms with Crippen molar-refractivity contribution in [2.45, 2.75) is 6.18 Å². The number of nitrogens with one attached hydrogen (secondary N) is 1. The highest BCUT2D eigenvalue weighted by Gasteiger charge is 2.30. The Morgan fingerprint density at radius 1 is 0.794 bits per heavy atom. The van der Waals surface area contributed by atoms with Crippen LogP contribution in [0.5, 0.6) is 0 Å². The Morgan fingerprint density at radius 2 is 1.53 bits per heavy atom. The van der Waals surface area contributed by atoms with Gasteiger partial charge in [0.15, 0.2) is 5.78 Å². The number of benzene rings is 3. The van der Waals surface area contributed by atoms with Gasteiger partial charge in [0, 0.05) is 22.4 Å². The van der Waals surface area contributed by atoms with Crippen molar-refractivity contribution in [1.29, 1.82) is 0 Å². The average molecular weight is 461 g/mol. The molecule has 7 heteroatoms. The predicted molar refractivity (Wildman–Crippen MR) is 123 cm³/mol. The molecule has 0 aliphatic heterocycles. The number of halogens is 3. The van der Waals surface area contributed by atoms with E-state index in [-0.39, 0.29) is 23.0 Å². The molecule has 4 nitrogen and oxygen atoms in total. The number of hydrogen-bond donors (Lipinski definition) is 1. The Balaban J connectivity index is 1.41. The molecule has 4 aromatic rings. The van der Waals surface area contributed by atoms with Gasteiger partial charge in [-0.15, -0.1) is 0 Å². The molecule has 0 aliphatic carbocycles. The molecule has 3 aromatic carbocycles. The van der Waals surface area contributed by atoms with E-state index in [1.54, 1.807) is 60.7 Å². The summed E-state index contributed by atoms with van der Waals surface area (Å²) in [5, 5.41) is 2.76. The van der Waals surface area contributed by atoms with Gasteiger partial charge < -0.3 is 9.73 Å². The Hall–Kier alpha value is -4.39. The Bertz CT molecular complexity index is 1340. The first-order valence-corrected chi connectivity index (χ1v) is 10.3. The summed E-state index contributed by atoms with van der Waals surface area (Å²) in [7, 11) is 0. The molecule has 170 valence electrons. The summed E-state index contributed by atoms with van der Waals surface area (Å²) in [5.74, 6) is 0.0381. The highest BCUT2D eigenvalue weighted by molar-refractivity contribution is 6.07. The van der Waals surface area contributed by atoms with E-state index in [1.807, 2.05) is 6.07 Å². The molecule has 0 fully saturated rings. The molecule has 0 unspecified atom stereocenters. The number of carbonyl (C=O) groups excluding carboxylic acids is 2. The van der Waals surface area contributed by atoms with Crippen LogP contribution in [0.15, 0.2) is 101 Å². The van der Waals surface area contributed by atoms with Crippen LogP contribution in [-0.2, 0) is 6.18 Å². The van der Waals surface area contributed by atoms with Gasteiger partial charge in [-0.2, -0.15) is 13.2 Å². The fourth-order valence-electron chi connectivity index (χ4n) is 3.21. The van der Waals surface area contributed by atoms with Gasteiger partial charge in [0.25, 0.3) is 5.91 Å². The maximum Gasteiger partial charge on any atom is 0.416 e. The van der Waals surface area contributed by atoms with E-state index in [0.717, 1.165) is 12.1 Å². The van der Waals surface area contributed by atoms with Crippen molar-refractivity contribution in [2.75, 3.05) is 5.32 Å². The number of anilines is 1. The van der Waals surface area contributed by atoms with Crippen LogP contribution in [0.25, 0.3) is 17.4 Å². The normalized spacial score (nSPS) is 11.5. The molecule has 1 heterocycles. The van der Waals surface area contributed by atoms with Crippen LogP contribution in [0.3, 0.4) is 0 Å². The Labute approximate surface area is 193 Å². The molecule has 1 N–H and O–H groups in total. The number of ketones is 1. The third-order valence-corrected chi connectivity index (χ3v) is 4.96. The first-order chi connectivity index (χ1) is 16.3. The molecule has 0 atom stereocenters. The van der Waals surface area contributed by atoms with Crippen molar-refractivity contribution in [3.8, 4) is 11.3 Å². The number of alkyl halides is 3. The minimum absolute atomic E-state index is 0.256. The molecular weight excluding hydrogens is 443 g/mol. The molecular formula is C27H18F3NO3. The molecule has 0 spiro atoms. The number of rotatable bonds is 6. The Morgan fingerprint density at radius 3 is 2.24 bits per heavy atom. The first kappa shape index (κ1) is 22.8. The van der Waals surface area contributed by atoms with Crippen molar-refractivity contribution < 1.29 is 27.2 Å². The van der Waals surface area contributed by atoms with Gasteiger partial charge in [-0.25, -0.2) is 0 Å². The summed E-state index contributed by atoms with van der Waals surface area (Å²) in [6.45, 7) is 0. The highest BCUT2D eigenvalue weighted by Crippen LogP contribution is 2.32. The minimum Gasteiger partial charge on any atom is -0.457 e. The van der Waals surface area contributed by atoms with E-state index in [9.17, 15) is 22.8 Å². The monoisotopic (exact) mass is 461 g/mol. The van der Waals surface area contributed by atoms with Crippen molar-refractivity contribution in [3.05, 3.63) is 120 Å². The van der Waals surface area contributed by atoms with Gasteiger partial charge in [-0.05, 0) is 72.8 Å². The van der Waals surface area contributed by atoms with Crippen LogP contribution >= 0.6 is 0 Å². The van der Waals surface area contributed by atoms with Crippen LogP contribution in [-0.4, -0.2) is 11.7 Å². The zero-order valence-corrected chi connectivity index (χ0v) is 17.7. The van der Waals surface area contributed by atoms with Gasteiger partial charge in [0.05, 0.1) is 5.56 Å². The predicted octanol–water partition coefficient (Wildman–Crippen LogP) is 7.11. The van der Waals surface area contributed by atoms with E-state index < -0.39 is 11.7 Å². The zero-order chi connectivity index (χ0) is 24.1. The van der Waals surface area contributed by atoms with E-state index in [1.165, 1.54) is 24.3 Å². The van der Waals surface area contributed by atoms with Crippen LogP contribution in [0, 0.1) is 0 Å². The van der Waals surface area contributed by atoms with E-state index in [4.69, 9.17) is 4.42 Å². The molecule has 1 aromatic heterocycles.